The van der Waals surface area contributed by atoms with Crippen LogP contribution in [0, 0.1) is 0 Å². The summed E-state index contributed by atoms with van der Waals surface area (Å²) in [5.41, 5.74) is 1.37. The molecule has 1 heterocycles. The van der Waals surface area contributed by atoms with Crippen LogP contribution in [0.25, 0.3) is 0 Å². The lowest BCUT2D eigenvalue weighted by molar-refractivity contribution is -0.153. The van der Waals surface area contributed by atoms with E-state index >= 15 is 0 Å². The average Bonchev–Trinajstić information content (AvgIpc) is 3.30. The number of benzene rings is 2. The van der Waals surface area contributed by atoms with Crippen molar-refractivity contribution in [3.8, 4) is 0 Å². The fourth-order valence-electron chi connectivity index (χ4n) is 3.24. The number of ether oxygens (including phenoxy) is 1. The van der Waals surface area contributed by atoms with Gasteiger partial charge in [-0.15, -0.1) is 0 Å². The van der Waals surface area contributed by atoms with E-state index in [9.17, 15) is 18.0 Å². The highest BCUT2D eigenvalue weighted by molar-refractivity contribution is 7.89. The topological polar surface area (TPSA) is 92.8 Å². The number of carbonyl (C=O) groups excluding carboxylic acids is 2. The first-order chi connectivity index (χ1) is 14.8. The number of nitrogens with one attached hydrogen (secondary N) is 1. The fourth-order valence-corrected chi connectivity index (χ4v) is 4.88. The number of nitrogens with zero attached hydrogens (tertiary/aromatic N) is 1. The van der Waals surface area contributed by atoms with Crippen molar-refractivity contribution in [1.29, 1.82) is 0 Å². The maximum atomic E-state index is 12.6. The average molecular weight is 465 g/mol. The van der Waals surface area contributed by atoms with E-state index in [1.807, 2.05) is 0 Å². The van der Waals surface area contributed by atoms with Gasteiger partial charge in [-0.2, -0.15) is 4.31 Å². The second-order valence-corrected chi connectivity index (χ2v) is 9.76. The summed E-state index contributed by atoms with van der Waals surface area (Å²) in [5.74, 6) is -0.945. The third-order valence-corrected chi connectivity index (χ3v) is 7.20. The summed E-state index contributed by atoms with van der Waals surface area (Å²) in [6.07, 6.45) is 1.28. The first-order valence-corrected chi connectivity index (χ1v) is 11.9. The molecule has 1 aliphatic heterocycles. The lowest BCUT2D eigenvalue weighted by atomic mass is 10.1. The zero-order valence-electron chi connectivity index (χ0n) is 17.2. The minimum Gasteiger partial charge on any atom is -0.453 e. The lowest BCUT2D eigenvalue weighted by Crippen LogP contribution is -2.30. The zero-order chi connectivity index (χ0) is 22.4. The van der Waals surface area contributed by atoms with Crippen molar-refractivity contribution in [2.24, 2.45) is 0 Å². The number of rotatable bonds is 8. The van der Waals surface area contributed by atoms with Crippen LogP contribution in [-0.4, -0.2) is 43.8 Å². The molecule has 2 aromatic carbocycles. The van der Waals surface area contributed by atoms with Crippen molar-refractivity contribution >= 4 is 39.2 Å². The summed E-state index contributed by atoms with van der Waals surface area (Å²) < 4.78 is 31.8. The third-order valence-electron chi connectivity index (χ3n) is 5.03. The largest absolute Gasteiger partial charge is 0.453 e. The van der Waals surface area contributed by atoms with E-state index in [0.717, 1.165) is 18.4 Å². The minimum absolute atomic E-state index is 0.0801. The van der Waals surface area contributed by atoms with Crippen LogP contribution in [0.15, 0.2) is 53.4 Å². The standard InChI is InChI=1S/C22H25ClN2O5S/c1-16(22(27)24-19-9-7-18(23)8-10-19)30-21(26)13-6-17-4-11-20(12-5-17)31(28,29)25-14-2-3-15-25/h4-5,7-12,16H,2-3,6,13-15H2,1H3,(H,24,27). The molecule has 0 aliphatic carbocycles. The third kappa shape index (κ3) is 6.29. The molecule has 1 atom stereocenters. The van der Waals surface area contributed by atoms with E-state index in [1.54, 1.807) is 48.5 Å². The number of esters is 1. The predicted octanol–water partition coefficient (Wildman–Crippen LogP) is 3.63. The van der Waals surface area contributed by atoms with Crippen LogP contribution in [0.3, 0.4) is 0 Å². The van der Waals surface area contributed by atoms with Gasteiger partial charge in [0.25, 0.3) is 5.91 Å². The number of carbonyl (C=O) groups is 2. The molecule has 1 amide bonds. The maximum Gasteiger partial charge on any atom is 0.306 e. The molecule has 1 fully saturated rings. The summed E-state index contributed by atoms with van der Waals surface area (Å²) in [6, 6.07) is 13.1. The molecule has 0 aromatic heterocycles. The van der Waals surface area contributed by atoms with Crippen LogP contribution in [0.1, 0.15) is 31.7 Å². The Bertz CT molecular complexity index is 1020. The summed E-state index contributed by atoms with van der Waals surface area (Å²) in [7, 11) is -3.45. The predicted molar refractivity (Wildman–Crippen MR) is 118 cm³/mol. The van der Waals surface area contributed by atoms with Crippen molar-refractivity contribution in [2.45, 2.75) is 43.6 Å². The molecule has 31 heavy (non-hydrogen) atoms. The monoisotopic (exact) mass is 464 g/mol. The van der Waals surface area contributed by atoms with Gasteiger partial charge in [0, 0.05) is 30.2 Å². The molecular formula is C22H25ClN2O5S. The Hall–Kier alpha value is -2.42. The van der Waals surface area contributed by atoms with Crippen LogP contribution in [0.5, 0.6) is 0 Å². The Morgan fingerprint density at radius 2 is 1.68 bits per heavy atom. The Balaban J connectivity index is 1.47. The number of aryl methyl sites for hydroxylation is 1. The van der Waals surface area contributed by atoms with Gasteiger partial charge in [-0.25, -0.2) is 8.42 Å². The van der Waals surface area contributed by atoms with Gasteiger partial charge in [0.1, 0.15) is 0 Å². The molecule has 1 aliphatic rings. The zero-order valence-corrected chi connectivity index (χ0v) is 18.8. The molecule has 0 bridgehead atoms. The van der Waals surface area contributed by atoms with Gasteiger partial charge in [0.05, 0.1) is 4.90 Å². The molecule has 3 rings (SSSR count). The van der Waals surface area contributed by atoms with E-state index in [-0.39, 0.29) is 11.3 Å². The first-order valence-electron chi connectivity index (χ1n) is 10.1. The second-order valence-electron chi connectivity index (χ2n) is 7.38. The summed E-state index contributed by atoms with van der Waals surface area (Å²) in [4.78, 5) is 24.5. The molecule has 1 N–H and O–H groups in total. The van der Waals surface area contributed by atoms with E-state index in [2.05, 4.69) is 5.32 Å². The number of amides is 1. The van der Waals surface area contributed by atoms with Crippen LogP contribution in [0.4, 0.5) is 5.69 Å². The van der Waals surface area contributed by atoms with Gasteiger partial charge < -0.3 is 10.1 Å². The van der Waals surface area contributed by atoms with Gasteiger partial charge in [-0.1, -0.05) is 23.7 Å². The molecule has 2 aromatic rings. The maximum absolute atomic E-state index is 12.6. The van der Waals surface area contributed by atoms with E-state index in [4.69, 9.17) is 16.3 Å². The number of hydrogen-bond donors (Lipinski definition) is 1. The Morgan fingerprint density at radius 1 is 1.06 bits per heavy atom. The Labute approximate surface area is 187 Å². The summed E-state index contributed by atoms with van der Waals surface area (Å²) in [6.45, 7) is 2.61. The quantitative estimate of drug-likeness (QED) is 0.602. The Morgan fingerprint density at radius 3 is 2.29 bits per heavy atom. The van der Waals surface area contributed by atoms with Crippen molar-refractivity contribution < 1.29 is 22.7 Å². The van der Waals surface area contributed by atoms with Crippen LogP contribution in [-0.2, 0) is 30.8 Å². The van der Waals surface area contributed by atoms with E-state index in [0.29, 0.717) is 30.2 Å². The van der Waals surface area contributed by atoms with Crippen molar-refractivity contribution in [2.75, 3.05) is 18.4 Å². The highest BCUT2D eigenvalue weighted by Gasteiger charge is 2.27. The van der Waals surface area contributed by atoms with Crippen molar-refractivity contribution in [3.63, 3.8) is 0 Å². The molecule has 7 nitrogen and oxygen atoms in total. The van der Waals surface area contributed by atoms with Crippen LogP contribution < -0.4 is 5.32 Å². The second kappa shape index (κ2) is 10.3. The minimum atomic E-state index is -3.45. The molecule has 1 saturated heterocycles. The van der Waals surface area contributed by atoms with E-state index < -0.39 is 28.0 Å². The summed E-state index contributed by atoms with van der Waals surface area (Å²) in [5, 5.41) is 3.21. The van der Waals surface area contributed by atoms with Gasteiger partial charge in [-0.3, -0.25) is 9.59 Å². The van der Waals surface area contributed by atoms with Gasteiger partial charge in [0.2, 0.25) is 10.0 Å². The van der Waals surface area contributed by atoms with Crippen LogP contribution >= 0.6 is 11.6 Å². The lowest BCUT2D eigenvalue weighted by Gasteiger charge is -2.15. The molecule has 1 unspecified atom stereocenters. The molecule has 0 saturated carbocycles. The molecular weight excluding hydrogens is 440 g/mol. The first kappa shape index (κ1) is 23.2. The van der Waals surface area contributed by atoms with Gasteiger partial charge in [0.15, 0.2) is 6.10 Å². The Kier molecular flexibility index (Phi) is 7.69. The highest BCUT2D eigenvalue weighted by Crippen LogP contribution is 2.21. The smallest absolute Gasteiger partial charge is 0.306 e. The SMILES string of the molecule is CC(OC(=O)CCc1ccc(S(=O)(=O)N2CCCC2)cc1)C(=O)Nc1ccc(Cl)cc1. The number of halogens is 1. The molecule has 0 spiro atoms. The van der Waals surface area contributed by atoms with Crippen molar-refractivity contribution in [1.82, 2.24) is 4.31 Å². The summed E-state index contributed by atoms with van der Waals surface area (Å²) >= 11 is 5.81. The van der Waals surface area contributed by atoms with Crippen LogP contribution in [0.2, 0.25) is 5.02 Å². The van der Waals surface area contributed by atoms with Crippen molar-refractivity contribution in [3.05, 3.63) is 59.1 Å². The highest BCUT2D eigenvalue weighted by atomic mass is 35.5. The molecule has 166 valence electrons. The number of anilines is 1. The molecule has 9 heteroatoms. The molecule has 0 radical (unpaired) electrons. The number of sulfonamides is 1. The fraction of sp³-hybridized carbons (Fsp3) is 0.364. The van der Waals surface area contributed by atoms with Gasteiger partial charge >= 0.3 is 5.97 Å². The number of hydrogen-bond acceptors (Lipinski definition) is 5. The normalized spacial score (nSPS) is 15.4. The van der Waals surface area contributed by atoms with Gasteiger partial charge in [-0.05, 0) is 68.1 Å². The van der Waals surface area contributed by atoms with E-state index in [1.165, 1.54) is 11.2 Å².